The van der Waals surface area contributed by atoms with Crippen LogP contribution in [0.25, 0.3) is 0 Å². The number of hydrogen-bond acceptors (Lipinski definition) is 10. The minimum Gasteiger partial charge on any atom is -0.377 e. The summed E-state index contributed by atoms with van der Waals surface area (Å²) in [7, 11) is 12.5. The highest BCUT2D eigenvalue weighted by atomic mass is 16.6. The molecular weight excluding hydrogens is 504 g/mol. The van der Waals surface area contributed by atoms with Crippen LogP contribution in [0.1, 0.15) is 0 Å². The zero-order valence-electron chi connectivity index (χ0n) is 23.8. The second-order valence-electron chi connectivity index (χ2n) is 9.32. The van der Waals surface area contributed by atoms with Gasteiger partial charge >= 0.3 is 0 Å². The third-order valence-electron chi connectivity index (χ3n) is 5.39. The molecule has 0 saturated carbocycles. The Morgan fingerprint density at radius 2 is 0.579 bits per heavy atom. The maximum Gasteiger partial charge on any atom is 0.254 e. The van der Waals surface area contributed by atoms with Gasteiger partial charge in [0, 0.05) is 56.4 Å². The van der Waals surface area contributed by atoms with Crippen molar-refractivity contribution < 1.29 is 47.6 Å². The summed E-state index contributed by atoms with van der Waals surface area (Å²) in [6.45, 7) is 0.284. The third kappa shape index (κ3) is 10.8. The fourth-order valence-electron chi connectivity index (χ4n) is 3.31. The van der Waals surface area contributed by atoms with Crippen molar-refractivity contribution in [1.29, 1.82) is 0 Å². The van der Waals surface area contributed by atoms with E-state index in [9.17, 15) is 19.2 Å². The molecule has 1 aliphatic heterocycles. The first-order chi connectivity index (χ1) is 17.9. The van der Waals surface area contributed by atoms with Gasteiger partial charge in [-0.1, -0.05) is 0 Å². The molecule has 0 N–H and O–H groups in total. The molecule has 0 aromatic carbocycles. The van der Waals surface area contributed by atoms with Gasteiger partial charge in [0.25, 0.3) is 23.6 Å². The molecule has 4 amide bonds. The van der Waals surface area contributed by atoms with Crippen LogP contribution < -0.4 is 0 Å². The fourth-order valence-corrected chi connectivity index (χ4v) is 3.31. The quantitative estimate of drug-likeness (QED) is 0.385. The molecule has 0 aliphatic carbocycles. The second kappa shape index (κ2) is 17.3. The third-order valence-corrected chi connectivity index (χ3v) is 5.39. The molecule has 0 unspecified atom stereocenters. The highest BCUT2D eigenvalue weighted by Gasteiger charge is 2.39. The number of hydrogen-bond donors (Lipinski definition) is 0. The summed E-state index contributed by atoms with van der Waals surface area (Å²) in [4.78, 5) is 56.6. The Balaban J connectivity index is 3.06. The summed E-state index contributed by atoms with van der Waals surface area (Å²) >= 11 is 0. The lowest BCUT2D eigenvalue weighted by molar-refractivity contribution is -0.173. The van der Waals surface area contributed by atoms with Crippen LogP contribution in [0.3, 0.4) is 0 Å². The topological polar surface area (TPSA) is 137 Å². The molecule has 0 aromatic rings. The van der Waals surface area contributed by atoms with Gasteiger partial charge in [-0.2, -0.15) is 0 Å². The molecule has 0 spiro atoms. The van der Waals surface area contributed by atoms with Crippen LogP contribution in [-0.4, -0.2) is 177 Å². The minimum atomic E-state index is -1.19. The maximum atomic E-state index is 12.8. The lowest BCUT2D eigenvalue weighted by Crippen LogP contribution is -2.52. The summed E-state index contributed by atoms with van der Waals surface area (Å²) in [5.74, 6) is -1.73. The Morgan fingerprint density at radius 1 is 0.395 bits per heavy atom. The van der Waals surface area contributed by atoms with E-state index in [0.717, 1.165) is 0 Å². The molecule has 0 bridgehead atoms. The van der Waals surface area contributed by atoms with Crippen molar-refractivity contribution in [2.24, 2.45) is 0 Å². The van der Waals surface area contributed by atoms with Gasteiger partial charge in [0.05, 0.1) is 52.9 Å². The number of ether oxygens (including phenoxy) is 6. The van der Waals surface area contributed by atoms with E-state index in [1.807, 2.05) is 0 Å². The summed E-state index contributed by atoms with van der Waals surface area (Å²) < 4.78 is 34.1. The molecule has 14 heteroatoms. The predicted octanol–water partition coefficient (Wildman–Crippen LogP) is -2.07. The van der Waals surface area contributed by atoms with Crippen LogP contribution in [0.2, 0.25) is 0 Å². The van der Waals surface area contributed by atoms with Gasteiger partial charge in [-0.05, 0) is 0 Å². The van der Waals surface area contributed by atoms with Crippen molar-refractivity contribution in [3.8, 4) is 0 Å². The average molecular weight is 549 g/mol. The first-order valence-electron chi connectivity index (χ1n) is 12.4. The number of nitrogens with zero attached hydrogens (tertiary/aromatic N) is 4. The van der Waals surface area contributed by atoms with E-state index in [1.165, 1.54) is 19.6 Å². The molecule has 1 fully saturated rings. The van der Waals surface area contributed by atoms with Gasteiger partial charge in [-0.3, -0.25) is 19.2 Å². The molecule has 1 saturated heterocycles. The highest BCUT2D eigenvalue weighted by Crippen LogP contribution is 2.13. The standard InChI is InChI=1S/C24H44N4O10/c1-25(2)21(29)17-18(22(30)26(3)4)36-14-10-34-12-16-38-20(24(32)28(7)8)19(23(31)27(5)6)37-15-11-33-9-13-35-17/h17-20H,9-16H2,1-8H3/t17-,18-,19-,20-/m0/s1. The normalized spacial score (nSPS) is 24.8. The lowest BCUT2D eigenvalue weighted by Gasteiger charge is -2.30. The first kappa shape index (κ1) is 33.7. The van der Waals surface area contributed by atoms with Crippen LogP contribution in [0.5, 0.6) is 0 Å². The lowest BCUT2D eigenvalue weighted by atomic mass is 10.1. The minimum absolute atomic E-state index is 0.00771. The Labute approximate surface area is 224 Å². The van der Waals surface area contributed by atoms with Crippen molar-refractivity contribution in [2.45, 2.75) is 24.4 Å². The molecule has 0 radical (unpaired) electrons. The van der Waals surface area contributed by atoms with Crippen LogP contribution in [0.4, 0.5) is 0 Å². The van der Waals surface area contributed by atoms with Gasteiger partial charge < -0.3 is 48.0 Å². The van der Waals surface area contributed by atoms with E-state index < -0.39 is 48.0 Å². The number of carbonyl (C=O) groups excluding carboxylic acids is 4. The summed E-state index contributed by atoms with van der Waals surface area (Å²) in [5, 5.41) is 0. The number of likely N-dealkylation sites (N-methyl/N-ethyl adjacent to an activating group) is 4. The van der Waals surface area contributed by atoms with E-state index >= 15 is 0 Å². The van der Waals surface area contributed by atoms with Gasteiger partial charge in [0.1, 0.15) is 0 Å². The Bertz CT molecular complexity index is 640. The van der Waals surface area contributed by atoms with E-state index in [0.29, 0.717) is 0 Å². The largest absolute Gasteiger partial charge is 0.377 e. The molecular formula is C24H44N4O10. The smallest absolute Gasteiger partial charge is 0.254 e. The Morgan fingerprint density at radius 3 is 0.737 bits per heavy atom. The number of amides is 4. The SMILES string of the molecule is CN(C)C(=O)[C@H]1OCCOCCO[C@H](C(=O)N(C)C)[C@@H](C(=O)N(C)C)OCCOCCO[C@@H]1C(=O)N(C)C. The van der Waals surface area contributed by atoms with Gasteiger partial charge in [-0.15, -0.1) is 0 Å². The molecule has 1 rings (SSSR count). The molecule has 1 aliphatic rings. The maximum absolute atomic E-state index is 12.8. The van der Waals surface area contributed by atoms with Gasteiger partial charge in [0.15, 0.2) is 24.4 Å². The van der Waals surface area contributed by atoms with Crippen molar-refractivity contribution in [1.82, 2.24) is 19.6 Å². The van der Waals surface area contributed by atoms with Crippen LogP contribution in [-0.2, 0) is 47.6 Å². The van der Waals surface area contributed by atoms with Gasteiger partial charge in [0.2, 0.25) is 0 Å². The zero-order valence-corrected chi connectivity index (χ0v) is 23.8. The Hall–Kier alpha value is -2.36. The molecule has 220 valence electrons. The summed E-state index contributed by atoms with van der Waals surface area (Å²) in [5.41, 5.74) is 0. The molecule has 14 nitrogen and oxygen atoms in total. The fraction of sp³-hybridized carbons (Fsp3) is 0.833. The van der Waals surface area contributed by atoms with Crippen molar-refractivity contribution in [3.05, 3.63) is 0 Å². The van der Waals surface area contributed by atoms with E-state index in [1.54, 1.807) is 56.4 Å². The van der Waals surface area contributed by atoms with E-state index in [-0.39, 0.29) is 52.9 Å². The molecule has 4 atom stereocenters. The molecule has 0 aromatic heterocycles. The number of carbonyl (C=O) groups is 4. The van der Waals surface area contributed by atoms with Crippen LogP contribution in [0.15, 0.2) is 0 Å². The molecule has 1 heterocycles. The zero-order chi connectivity index (χ0) is 28.8. The second-order valence-corrected chi connectivity index (χ2v) is 9.32. The van der Waals surface area contributed by atoms with Crippen molar-refractivity contribution >= 4 is 23.6 Å². The average Bonchev–Trinajstić information content (AvgIpc) is 2.86. The monoisotopic (exact) mass is 548 g/mol. The van der Waals surface area contributed by atoms with Crippen LogP contribution >= 0.6 is 0 Å². The summed E-state index contributed by atoms with van der Waals surface area (Å²) in [6, 6.07) is 0. The van der Waals surface area contributed by atoms with Crippen LogP contribution in [0, 0.1) is 0 Å². The Kier molecular flexibility index (Phi) is 15.3. The molecule has 38 heavy (non-hydrogen) atoms. The van der Waals surface area contributed by atoms with Crippen molar-refractivity contribution in [2.75, 3.05) is 109 Å². The number of rotatable bonds is 4. The van der Waals surface area contributed by atoms with E-state index in [4.69, 9.17) is 28.4 Å². The summed E-state index contributed by atoms with van der Waals surface area (Å²) in [6.07, 6.45) is -4.77. The van der Waals surface area contributed by atoms with Gasteiger partial charge in [-0.25, -0.2) is 0 Å². The predicted molar refractivity (Wildman–Crippen MR) is 135 cm³/mol. The highest BCUT2D eigenvalue weighted by molar-refractivity contribution is 5.91. The van der Waals surface area contributed by atoms with E-state index in [2.05, 4.69) is 0 Å². The first-order valence-corrected chi connectivity index (χ1v) is 12.4. The van der Waals surface area contributed by atoms with Crippen molar-refractivity contribution in [3.63, 3.8) is 0 Å².